The summed E-state index contributed by atoms with van der Waals surface area (Å²) < 4.78 is 0. The molecule has 0 atom stereocenters. The van der Waals surface area contributed by atoms with Crippen LogP contribution in [0.15, 0.2) is 24.3 Å². The Kier molecular flexibility index (Phi) is 4.73. The molecule has 0 radical (unpaired) electrons. The smallest absolute Gasteiger partial charge is 0.231 e. The number of alkyl halides is 1. The number of rotatable bonds is 5. The van der Waals surface area contributed by atoms with Crippen LogP contribution >= 0.6 is 11.6 Å². The van der Waals surface area contributed by atoms with E-state index in [1.54, 1.807) is 38.1 Å². The van der Waals surface area contributed by atoms with E-state index in [4.69, 9.17) is 17.3 Å². The van der Waals surface area contributed by atoms with Crippen LogP contribution in [-0.4, -0.2) is 17.7 Å². The van der Waals surface area contributed by atoms with Gasteiger partial charge in [0.2, 0.25) is 11.8 Å². The molecule has 0 unspecified atom stereocenters. The fourth-order valence-corrected chi connectivity index (χ4v) is 1.46. The van der Waals surface area contributed by atoms with Gasteiger partial charge >= 0.3 is 0 Å². The van der Waals surface area contributed by atoms with Crippen LogP contribution < -0.4 is 11.1 Å². The van der Waals surface area contributed by atoms with Crippen molar-refractivity contribution >= 4 is 29.1 Å². The Balaban J connectivity index is 2.91. The number of hydrogen-bond donors (Lipinski definition) is 2. The number of carbonyl (C=O) groups excluding carboxylic acids is 2. The fourth-order valence-electron chi connectivity index (χ4n) is 1.34. The van der Waals surface area contributed by atoms with Gasteiger partial charge in [-0.1, -0.05) is 18.2 Å². The number of hydrogen-bond acceptors (Lipinski definition) is 2. The van der Waals surface area contributed by atoms with Gasteiger partial charge in [0.15, 0.2) is 0 Å². The molecule has 4 nitrogen and oxygen atoms in total. The maximum Gasteiger partial charge on any atom is 0.231 e. The van der Waals surface area contributed by atoms with Crippen molar-refractivity contribution in [1.82, 2.24) is 0 Å². The third-order valence-electron chi connectivity index (χ3n) is 2.58. The van der Waals surface area contributed by atoms with E-state index < -0.39 is 11.3 Å². The molecule has 0 saturated carbocycles. The maximum absolute atomic E-state index is 12.0. The lowest BCUT2D eigenvalue weighted by atomic mass is 9.95. The number of halogens is 1. The van der Waals surface area contributed by atoms with Crippen molar-refractivity contribution < 1.29 is 9.59 Å². The molecule has 5 heteroatoms. The van der Waals surface area contributed by atoms with E-state index in [2.05, 4.69) is 5.32 Å². The molecule has 0 bridgehead atoms. The number of anilines is 1. The monoisotopic (exact) mass is 268 g/mol. The molecule has 18 heavy (non-hydrogen) atoms. The van der Waals surface area contributed by atoms with Crippen molar-refractivity contribution in [3.05, 3.63) is 29.8 Å². The summed E-state index contributed by atoms with van der Waals surface area (Å²) in [6.45, 7) is 3.51. The summed E-state index contributed by atoms with van der Waals surface area (Å²) in [6.07, 6.45) is 0.0950. The molecule has 0 aromatic heterocycles. The molecule has 2 amide bonds. The number of primary amides is 1. The van der Waals surface area contributed by atoms with Gasteiger partial charge in [0.1, 0.15) is 0 Å². The predicted molar refractivity (Wildman–Crippen MR) is 72.5 cm³/mol. The van der Waals surface area contributed by atoms with E-state index in [9.17, 15) is 9.59 Å². The topological polar surface area (TPSA) is 72.2 Å². The quantitative estimate of drug-likeness (QED) is 0.801. The van der Waals surface area contributed by atoms with Crippen LogP contribution in [0.4, 0.5) is 5.69 Å². The highest BCUT2D eigenvalue weighted by atomic mass is 35.5. The summed E-state index contributed by atoms with van der Waals surface area (Å²) in [4.78, 5) is 22.9. The van der Waals surface area contributed by atoms with Crippen molar-refractivity contribution in [2.24, 2.45) is 11.1 Å². The normalized spacial score (nSPS) is 11.1. The summed E-state index contributed by atoms with van der Waals surface area (Å²) in [5.41, 5.74) is 5.79. The van der Waals surface area contributed by atoms with Crippen LogP contribution in [-0.2, 0) is 16.0 Å². The van der Waals surface area contributed by atoms with Gasteiger partial charge in [-0.2, -0.15) is 0 Å². The van der Waals surface area contributed by atoms with Gasteiger partial charge in [-0.25, -0.2) is 0 Å². The molecule has 0 aliphatic heterocycles. The SMILES string of the molecule is CC(C)(CCl)C(=O)Nc1ccccc1CC(N)=O. The first-order valence-electron chi connectivity index (χ1n) is 5.60. The van der Waals surface area contributed by atoms with Crippen molar-refractivity contribution in [2.75, 3.05) is 11.2 Å². The van der Waals surface area contributed by atoms with Gasteiger partial charge in [0, 0.05) is 11.6 Å². The second-order valence-corrected chi connectivity index (χ2v) is 5.04. The molecule has 0 aliphatic carbocycles. The molecule has 1 aromatic carbocycles. The second kappa shape index (κ2) is 5.87. The average Bonchev–Trinajstić information content (AvgIpc) is 2.31. The van der Waals surface area contributed by atoms with E-state index in [0.717, 1.165) is 0 Å². The number of carbonyl (C=O) groups is 2. The van der Waals surface area contributed by atoms with E-state index >= 15 is 0 Å². The number of nitrogens with one attached hydrogen (secondary N) is 1. The van der Waals surface area contributed by atoms with Gasteiger partial charge in [-0.05, 0) is 25.5 Å². The van der Waals surface area contributed by atoms with Crippen LogP contribution in [0, 0.1) is 5.41 Å². The van der Waals surface area contributed by atoms with E-state index in [-0.39, 0.29) is 18.2 Å². The molecule has 0 saturated heterocycles. The minimum Gasteiger partial charge on any atom is -0.369 e. The van der Waals surface area contributed by atoms with Crippen molar-refractivity contribution in [3.8, 4) is 0 Å². The maximum atomic E-state index is 12.0. The molecule has 0 heterocycles. The molecular formula is C13H17ClN2O2. The first-order chi connectivity index (χ1) is 8.36. The lowest BCUT2D eigenvalue weighted by Gasteiger charge is -2.21. The van der Waals surface area contributed by atoms with Gasteiger partial charge in [-0.3, -0.25) is 9.59 Å². The molecular weight excluding hydrogens is 252 g/mol. The minimum absolute atomic E-state index is 0.0950. The van der Waals surface area contributed by atoms with Crippen LogP contribution in [0.3, 0.4) is 0 Å². The Bertz CT molecular complexity index is 458. The predicted octanol–water partition coefficient (Wildman–Crippen LogP) is 1.92. The molecule has 0 fully saturated rings. The molecule has 1 rings (SSSR count). The van der Waals surface area contributed by atoms with Gasteiger partial charge in [0.05, 0.1) is 11.8 Å². The lowest BCUT2D eigenvalue weighted by Crippen LogP contribution is -2.32. The Morgan fingerprint density at radius 2 is 1.94 bits per heavy atom. The number of nitrogens with two attached hydrogens (primary N) is 1. The van der Waals surface area contributed by atoms with Crippen LogP contribution in [0.1, 0.15) is 19.4 Å². The Hall–Kier alpha value is -1.55. The van der Waals surface area contributed by atoms with Crippen molar-refractivity contribution in [1.29, 1.82) is 0 Å². The van der Waals surface area contributed by atoms with Crippen LogP contribution in [0.2, 0.25) is 0 Å². The summed E-state index contributed by atoms with van der Waals surface area (Å²) in [5.74, 6) is -0.403. The zero-order chi connectivity index (χ0) is 13.8. The molecule has 0 spiro atoms. The highest BCUT2D eigenvalue weighted by molar-refractivity contribution is 6.20. The first kappa shape index (κ1) is 14.5. The third-order valence-corrected chi connectivity index (χ3v) is 3.25. The van der Waals surface area contributed by atoms with Crippen molar-refractivity contribution in [3.63, 3.8) is 0 Å². The van der Waals surface area contributed by atoms with Crippen LogP contribution in [0.5, 0.6) is 0 Å². The Labute approximate surface area is 112 Å². The zero-order valence-corrected chi connectivity index (χ0v) is 11.3. The highest BCUT2D eigenvalue weighted by Gasteiger charge is 2.26. The first-order valence-corrected chi connectivity index (χ1v) is 6.14. The largest absolute Gasteiger partial charge is 0.369 e. The summed E-state index contributed by atoms with van der Waals surface area (Å²) in [5, 5.41) is 2.78. The average molecular weight is 269 g/mol. The third kappa shape index (κ3) is 3.74. The van der Waals surface area contributed by atoms with Crippen molar-refractivity contribution in [2.45, 2.75) is 20.3 Å². The Morgan fingerprint density at radius 3 is 2.50 bits per heavy atom. The number of benzene rings is 1. The zero-order valence-electron chi connectivity index (χ0n) is 10.5. The van der Waals surface area contributed by atoms with Gasteiger partial charge in [-0.15, -0.1) is 11.6 Å². The van der Waals surface area contributed by atoms with Crippen LogP contribution in [0.25, 0.3) is 0 Å². The fraction of sp³-hybridized carbons (Fsp3) is 0.385. The molecule has 98 valence electrons. The van der Waals surface area contributed by atoms with Gasteiger partial charge in [0.25, 0.3) is 0 Å². The summed E-state index contributed by atoms with van der Waals surface area (Å²) in [6, 6.07) is 7.07. The molecule has 3 N–H and O–H groups in total. The number of amides is 2. The van der Waals surface area contributed by atoms with Gasteiger partial charge < -0.3 is 11.1 Å². The molecule has 1 aromatic rings. The number of para-hydroxylation sites is 1. The van der Waals surface area contributed by atoms with E-state index in [1.165, 1.54) is 0 Å². The minimum atomic E-state index is -0.665. The summed E-state index contributed by atoms with van der Waals surface area (Å²) in [7, 11) is 0. The van der Waals surface area contributed by atoms with E-state index in [0.29, 0.717) is 11.3 Å². The Morgan fingerprint density at radius 1 is 1.33 bits per heavy atom. The lowest BCUT2D eigenvalue weighted by molar-refractivity contribution is -0.123. The second-order valence-electron chi connectivity index (χ2n) is 4.77. The molecule has 0 aliphatic rings. The summed E-state index contributed by atoms with van der Waals surface area (Å²) >= 11 is 5.74. The van der Waals surface area contributed by atoms with E-state index in [1.807, 2.05) is 0 Å². The standard InChI is InChI=1S/C13H17ClN2O2/c1-13(2,8-14)12(18)16-10-6-4-3-5-9(10)7-11(15)17/h3-6H,7-8H2,1-2H3,(H2,15,17)(H,16,18). The highest BCUT2D eigenvalue weighted by Crippen LogP contribution is 2.22.